The van der Waals surface area contributed by atoms with Crippen molar-refractivity contribution in [2.45, 2.75) is 40.2 Å². The maximum atomic E-state index is 12.3. The van der Waals surface area contributed by atoms with Crippen molar-refractivity contribution in [2.75, 3.05) is 6.54 Å². The molecule has 2 aromatic rings. The first kappa shape index (κ1) is 15.6. The van der Waals surface area contributed by atoms with Crippen molar-refractivity contribution in [2.24, 2.45) is 11.7 Å². The van der Waals surface area contributed by atoms with E-state index in [-0.39, 0.29) is 11.9 Å². The third-order valence-corrected chi connectivity index (χ3v) is 3.73. The van der Waals surface area contributed by atoms with Crippen molar-refractivity contribution in [3.05, 3.63) is 35.1 Å². The molecule has 1 heterocycles. The van der Waals surface area contributed by atoms with E-state index in [4.69, 9.17) is 10.2 Å². The van der Waals surface area contributed by atoms with Crippen LogP contribution in [0, 0.1) is 19.8 Å². The molecule has 0 bridgehead atoms. The summed E-state index contributed by atoms with van der Waals surface area (Å²) in [4.78, 5) is 12.3. The third-order valence-electron chi connectivity index (χ3n) is 3.73. The number of carbonyl (C=O) groups is 1. The number of nitrogens with two attached hydrogens (primary N) is 1. The smallest absolute Gasteiger partial charge is 0.287 e. The zero-order chi connectivity index (χ0) is 15.6. The first-order valence-electron chi connectivity index (χ1n) is 7.42. The summed E-state index contributed by atoms with van der Waals surface area (Å²) in [7, 11) is 0. The van der Waals surface area contributed by atoms with Gasteiger partial charge in [-0.3, -0.25) is 4.79 Å². The van der Waals surface area contributed by atoms with Crippen LogP contribution in [-0.4, -0.2) is 18.5 Å². The molecule has 3 N–H and O–H groups in total. The van der Waals surface area contributed by atoms with E-state index in [9.17, 15) is 4.79 Å². The minimum atomic E-state index is -0.197. The summed E-state index contributed by atoms with van der Waals surface area (Å²) in [6, 6.07) is 5.78. The van der Waals surface area contributed by atoms with Crippen LogP contribution in [-0.2, 0) is 0 Å². The van der Waals surface area contributed by atoms with E-state index < -0.39 is 0 Å². The first-order chi connectivity index (χ1) is 9.90. The molecule has 1 unspecified atom stereocenters. The molecule has 4 nitrogen and oxygen atoms in total. The molecule has 2 rings (SSSR count). The fourth-order valence-corrected chi connectivity index (χ4v) is 2.45. The molecule has 4 heteroatoms. The van der Waals surface area contributed by atoms with E-state index >= 15 is 0 Å². The van der Waals surface area contributed by atoms with Crippen molar-refractivity contribution in [1.82, 2.24) is 5.32 Å². The number of nitrogens with one attached hydrogen (secondary N) is 1. The second-order valence-electron chi connectivity index (χ2n) is 6.12. The van der Waals surface area contributed by atoms with Crippen LogP contribution >= 0.6 is 0 Å². The van der Waals surface area contributed by atoms with Gasteiger partial charge in [-0.05, 0) is 55.5 Å². The maximum Gasteiger partial charge on any atom is 0.287 e. The van der Waals surface area contributed by atoms with Gasteiger partial charge in [-0.1, -0.05) is 13.8 Å². The summed E-state index contributed by atoms with van der Waals surface area (Å²) >= 11 is 0. The zero-order valence-electron chi connectivity index (χ0n) is 13.2. The highest BCUT2D eigenvalue weighted by molar-refractivity contribution is 5.96. The third kappa shape index (κ3) is 3.64. The number of hydrogen-bond donors (Lipinski definition) is 2. The topological polar surface area (TPSA) is 68.3 Å². The van der Waals surface area contributed by atoms with Crippen LogP contribution in [0.1, 0.15) is 41.9 Å². The Morgan fingerprint density at radius 2 is 1.90 bits per heavy atom. The van der Waals surface area contributed by atoms with E-state index in [2.05, 4.69) is 26.1 Å². The molecule has 0 saturated heterocycles. The van der Waals surface area contributed by atoms with Gasteiger partial charge >= 0.3 is 0 Å². The van der Waals surface area contributed by atoms with Crippen LogP contribution in [0.25, 0.3) is 11.0 Å². The number of hydrogen-bond acceptors (Lipinski definition) is 3. The molecular weight excluding hydrogens is 264 g/mol. The Balaban J connectivity index is 2.19. The van der Waals surface area contributed by atoms with Crippen LogP contribution < -0.4 is 11.1 Å². The zero-order valence-corrected chi connectivity index (χ0v) is 13.2. The van der Waals surface area contributed by atoms with E-state index in [1.54, 1.807) is 6.07 Å². The summed E-state index contributed by atoms with van der Waals surface area (Å²) in [5, 5.41) is 3.90. The number of carbonyl (C=O) groups excluding carboxylic acids is 1. The van der Waals surface area contributed by atoms with Gasteiger partial charge in [0.15, 0.2) is 5.76 Å². The van der Waals surface area contributed by atoms with Gasteiger partial charge in [0.05, 0.1) is 0 Å². The molecule has 21 heavy (non-hydrogen) atoms. The Morgan fingerprint density at radius 1 is 1.24 bits per heavy atom. The van der Waals surface area contributed by atoms with Crippen LogP contribution in [0.4, 0.5) is 0 Å². The lowest BCUT2D eigenvalue weighted by Gasteiger charge is -2.17. The molecule has 0 aliphatic carbocycles. The average Bonchev–Trinajstić information content (AvgIpc) is 2.80. The van der Waals surface area contributed by atoms with Gasteiger partial charge in [0.2, 0.25) is 0 Å². The highest BCUT2D eigenvalue weighted by Crippen LogP contribution is 2.23. The number of furan rings is 1. The second-order valence-corrected chi connectivity index (χ2v) is 6.12. The van der Waals surface area contributed by atoms with Gasteiger partial charge in [-0.25, -0.2) is 0 Å². The van der Waals surface area contributed by atoms with Crippen molar-refractivity contribution >= 4 is 16.9 Å². The lowest BCUT2D eigenvalue weighted by Crippen LogP contribution is -2.40. The van der Waals surface area contributed by atoms with Gasteiger partial charge in [0, 0.05) is 18.0 Å². The molecule has 0 spiro atoms. The Morgan fingerprint density at radius 3 is 2.52 bits per heavy atom. The summed E-state index contributed by atoms with van der Waals surface area (Å²) in [5.74, 6) is 0.634. The van der Waals surface area contributed by atoms with E-state index in [1.165, 1.54) is 5.56 Å². The standard InChI is InChI=1S/C17H24N2O2/c1-10(2)5-14(9-18)19-17(20)16-8-13-6-11(3)12(4)7-15(13)21-16/h6-8,10,14H,5,9,18H2,1-4H3,(H,19,20). The highest BCUT2D eigenvalue weighted by Gasteiger charge is 2.17. The fourth-order valence-electron chi connectivity index (χ4n) is 2.45. The molecule has 0 aliphatic rings. The Bertz CT molecular complexity index is 605. The second kappa shape index (κ2) is 6.31. The Hall–Kier alpha value is -1.81. The van der Waals surface area contributed by atoms with E-state index in [0.717, 1.165) is 23.0 Å². The summed E-state index contributed by atoms with van der Waals surface area (Å²) < 4.78 is 5.66. The normalized spacial score (nSPS) is 12.9. The van der Waals surface area contributed by atoms with Crippen LogP contribution in [0.3, 0.4) is 0 Å². The molecule has 0 aliphatic heterocycles. The molecular formula is C17H24N2O2. The monoisotopic (exact) mass is 288 g/mol. The van der Waals surface area contributed by atoms with E-state index in [0.29, 0.717) is 18.2 Å². The molecule has 114 valence electrons. The van der Waals surface area contributed by atoms with Gasteiger partial charge in [0.1, 0.15) is 5.58 Å². The average molecular weight is 288 g/mol. The van der Waals surface area contributed by atoms with Crippen LogP contribution in [0.5, 0.6) is 0 Å². The van der Waals surface area contributed by atoms with Crippen LogP contribution in [0.2, 0.25) is 0 Å². The number of rotatable bonds is 5. The predicted octanol–water partition coefficient (Wildman–Crippen LogP) is 3.15. The number of fused-ring (bicyclic) bond motifs is 1. The predicted molar refractivity (Wildman–Crippen MR) is 85.5 cm³/mol. The van der Waals surface area contributed by atoms with Crippen molar-refractivity contribution < 1.29 is 9.21 Å². The van der Waals surface area contributed by atoms with Gasteiger partial charge in [-0.2, -0.15) is 0 Å². The van der Waals surface area contributed by atoms with Crippen LogP contribution in [0.15, 0.2) is 22.6 Å². The lowest BCUT2D eigenvalue weighted by atomic mass is 10.0. The highest BCUT2D eigenvalue weighted by atomic mass is 16.3. The summed E-state index contributed by atoms with van der Waals surface area (Å²) in [6.07, 6.45) is 0.862. The van der Waals surface area contributed by atoms with E-state index in [1.807, 2.05) is 19.1 Å². The number of aryl methyl sites for hydroxylation is 2. The molecule has 1 aromatic carbocycles. The minimum Gasteiger partial charge on any atom is -0.451 e. The summed E-state index contributed by atoms with van der Waals surface area (Å²) in [6.45, 7) is 8.74. The first-order valence-corrected chi connectivity index (χ1v) is 7.42. The number of benzene rings is 1. The van der Waals surface area contributed by atoms with Gasteiger partial charge in [-0.15, -0.1) is 0 Å². The Labute approximate surface area is 125 Å². The SMILES string of the molecule is Cc1cc2cc(C(=O)NC(CN)CC(C)C)oc2cc1C. The largest absolute Gasteiger partial charge is 0.451 e. The minimum absolute atomic E-state index is 0.0193. The summed E-state index contributed by atoms with van der Waals surface area (Å²) in [5.41, 5.74) is 8.81. The fraction of sp³-hybridized carbons (Fsp3) is 0.471. The van der Waals surface area contributed by atoms with Gasteiger partial charge in [0.25, 0.3) is 5.91 Å². The molecule has 1 atom stereocenters. The number of amides is 1. The maximum absolute atomic E-state index is 12.3. The Kier molecular flexibility index (Phi) is 4.68. The molecule has 0 saturated carbocycles. The van der Waals surface area contributed by atoms with Crippen molar-refractivity contribution in [3.8, 4) is 0 Å². The molecule has 0 radical (unpaired) electrons. The van der Waals surface area contributed by atoms with Crippen molar-refractivity contribution in [1.29, 1.82) is 0 Å². The molecule has 1 amide bonds. The molecule has 0 fully saturated rings. The lowest BCUT2D eigenvalue weighted by molar-refractivity contribution is 0.0908. The van der Waals surface area contributed by atoms with Gasteiger partial charge < -0.3 is 15.5 Å². The quantitative estimate of drug-likeness (QED) is 0.888. The van der Waals surface area contributed by atoms with Crippen molar-refractivity contribution in [3.63, 3.8) is 0 Å². The molecule has 1 aromatic heterocycles.